The van der Waals surface area contributed by atoms with Crippen LogP contribution in [0.5, 0.6) is 0 Å². The summed E-state index contributed by atoms with van der Waals surface area (Å²) in [4.78, 5) is 16.3. The molecule has 0 bridgehead atoms. The molecule has 0 amide bonds. The van der Waals surface area contributed by atoms with Crippen molar-refractivity contribution in [3.05, 3.63) is 28.6 Å². The second kappa shape index (κ2) is 5.74. The van der Waals surface area contributed by atoms with Gasteiger partial charge in [-0.05, 0) is 6.07 Å². The van der Waals surface area contributed by atoms with Crippen molar-refractivity contribution in [2.75, 3.05) is 38.3 Å². The van der Waals surface area contributed by atoms with Gasteiger partial charge in [0.15, 0.2) is 0 Å². The average molecular weight is 253 g/mol. The highest BCUT2D eigenvalue weighted by atomic mass is 16.6. The number of pyridine rings is 1. The highest BCUT2D eigenvalue weighted by Gasteiger charge is 2.25. The van der Waals surface area contributed by atoms with Crippen LogP contribution in [-0.2, 0) is 9.47 Å². The molecule has 7 nitrogen and oxygen atoms in total. The Kier molecular flexibility index (Phi) is 4.06. The molecule has 2 heterocycles. The monoisotopic (exact) mass is 253 g/mol. The van der Waals surface area contributed by atoms with Gasteiger partial charge in [-0.3, -0.25) is 15.1 Å². The van der Waals surface area contributed by atoms with Crippen molar-refractivity contribution in [1.82, 2.24) is 4.98 Å². The number of morpholine rings is 1. The highest BCUT2D eigenvalue weighted by Crippen LogP contribution is 2.27. The molecule has 1 atom stereocenters. The third-order valence-corrected chi connectivity index (χ3v) is 2.81. The summed E-state index contributed by atoms with van der Waals surface area (Å²) in [6.45, 7) is 2.23. The Balaban J connectivity index is 2.18. The van der Waals surface area contributed by atoms with Crippen LogP contribution >= 0.6 is 0 Å². The van der Waals surface area contributed by atoms with Crippen LogP contribution in [0.3, 0.4) is 0 Å². The number of hydrogen-bond donors (Lipinski definition) is 0. The van der Waals surface area contributed by atoms with Crippen LogP contribution in [0.4, 0.5) is 11.4 Å². The normalized spacial score (nSPS) is 19.8. The first-order chi connectivity index (χ1) is 8.72. The Morgan fingerprint density at radius 3 is 3.28 bits per heavy atom. The smallest absolute Gasteiger partial charge is 0.310 e. The first-order valence-electron chi connectivity index (χ1n) is 5.66. The zero-order valence-electron chi connectivity index (χ0n) is 10.1. The number of methoxy groups -OCH3 is 1. The molecule has 98 valence electrons. The van der Waals surface area contributed by atoms with Crippen LogP contribution in [-0.4, -0.2) is 49.4 Å². The van der Waals surface area contributed by atoms with E-state index in [1.165, 1.54) is 6.20 Å². The Bertz CT molecular complexity index is 425. The molecule has 0 saturated carbocycles. The van der Waals surface area contributed by atoms with Gasteiger partial charge in [0, 0.05) is 26.4 Å². The van der Waals surface area contributed by atoms with Gasteiger partial charge in [-0.25, -0.2) is 0 Å². The maximum atomic E-state index is 11.0. The average Bonchev–Trinajstić information content (AvgIpc) is 2.39. The summed E-state index contributed by atoms with van der Waals surface area (Å²) in [6, 6.07) is 1.66. The summed E-state index contributed by atoms with van der Waals surface area (Å²) in [5.74, 6) is 0. The number of anilines is 1. The maximum Gasteiger partial charge on any atom is 0.310 e. The number of ether oxygens (including phenoxy) is 2. The van der Waals surface area contributed by atoms with E-state index < -0.39 is 4.92 Å². The third-order valence-electron chi connectivity index (χ3n) is 2.81. The number of nitrogens with zero attached hydrogens (tertiary/aromatic N) is 3. The van der Waals surface area contributed by atoms with Crippen molar-refractivity contribution < 1.29 is 14.4 Å². The van der Waals surface area contributed by atoms with E-state index in [1.807, 2.05) is 4.90 Å². The molecule has 1 aromatic rings. The van der Waals surface area contributed by atoms with E-state index in [4.69, 9.17) is 9.47 Å². The van der Waals surface area contributed by atoms with E-state index in [0.29, 0.717) is 32.0 Å². The minimum atomic E-state index is -0.414. The van der Waals surface area contributed by atoms with Crippen molar-refractivity contribution in [1.29, 1.82) is 0 Å². The molecule has 1 aromatic heterocycles. The molecule has 18 heavy (non-hydrogen) atoms. The zero-order valence-corrected chi connectivity index (χ0v) is 10.1. The second-order valence-electron chi connectivity index (χ2n) is 4.02. The fourth-order valence-electron chi connectivity index (χ4n) is 2.01. The molecule has 1 saturated heterocycles. The van der Waals surface area contributed by atoms with Gasteiger partial charge >= 0.3 is 5.69 Å². The van der Waals surface area contributed by atoms with E-state index >= 15 is 0 Å². The van der Waals surface area contributed by atoms with E-state index in [0.717, 1.165) is 0 Å². The van der Waals surface area contributed by atoms with E-state index in [1.54, 1.807) is 19.4 Å². The van der Waals surface area contributed by atoms with Crippen LogP contribution in [0.25, 0.3) is 0 Å². The van der Waals surface area contributed by atoms with Gasteiger partial charge in [0.05, 0.1) is 24.2 Å². The van der Waals surface area contributed by atoms with Gasteiger partial charge in [-0.15, -0.1) is 0 Å². The molecule has 0 N–H and O–H groups in total. The lowest BCUT2D eigenvalue weighted by Crippen LogP contribution is -2.44. The van der Waals surface area contributed by atoms with E-state index in [2.05, 4.69) is 4.98 Å². The van der Waals surface area contributed by atoms with Crippen molar-refractivity contribution >= 4 is 11.4 Å². The SMILES string of the molecule is COC[C@H]1CN(c2ccncc2[N+](=O)[O-])CCO1. The summed E-state index contributed by atoms with van der Waals surface area (Å²) in [5, 5.41) is 11.0. The number of rotatable bonds is 4. The highest BCUT2D eigenvalue weighted by molar-refractivity contribution is 5.61. The molecule has 0 spiro atoms. The molecular weight excluding hydrogens is 238 g/mol. The van der Waals surface area contributed by atoms with Crippen LogP contribution in [0.1, 0.15) is 0 Å². The molecular formula is C11H15N3O4. The van der Waals surface area contributed by atoms with Crippen LogP contribution in [0.2, 0.25) is 0 Å². The number of nitro groups is 1. The van der Waals surface area contributed by atoms with Gasteiger partial charge in [0.25, 0.3) is 0 Å². The summed E-state index contributed by atoms with van der Waals surface area (Å²) in [5.41, 5.74) is 0.606. The van der Waals surface area contributed by atoms with Crippen molar-refractivity contribution in [3.8, 4) is 0 Å². The van der Waals surface area contributed by atoms with Gasteiger partial charge < -0.3 is 14.4 Å². The Morgan fingerprint density at radius 1 is 1.72 bits per heavy atom. The standard InChI is InChI=1S/C11H15N3O4/c1-17-8-9-7-13(4-5-18-9)10-2-3-12-6-11(10)14(15)16/h2-3,6,9H,4-5,7-8H2,1H3/t9-/m1/s1. The lowest BCUT2D eigenvalue weighted by molar-refractivity contribution is -0.384. The van der Waals surface area contributed by atoms with Gasteiger partial charge in [0.2, 0.25) is 0 Å². The van der Waals surface area contributed by atoms with Crippen LogP contribution in [0, 0.1) is 10.1 Å². The van der Waals surface area contributed by atoms with Crippen molar-refractivity contribution in [2.45, 2.75) is 6.10 Å². The molecule has 1 fully saturated rings. The zero-order chi connectivity index (χ0) is 13.0. The summed E-state index contributed by atoms with van der Waals surface area (Å²) >= 11 is 0. The van der Waals surface area contributed by atoms with E-state index in [9.17, 15) is 10.1 Å². The second-order valence-corrected chi connectivity index (χ2v) is 4.02. The molecule has 0 radical (unpaired) electrons. The fraction of sp³-hybridized carbons (Fsp3) is 0.545. The predicted molar refractivity (Wildman–Crippen MR) is 64.7 cm³/mol. The Morgan fingerprint density at radius 2 is 2.56 bits per heavy atom. The predicted octanol–water partition coefficient (Wildman–Crippen LogP) is 0.841. The maximum absolute atomic E-state index is 11.0. The van der Waals surface area contributed by atoms with Crippen molar-refractivity contribution in [3.63, 3.8) is 0 Å². The first kappa shape index (κ1) is 12.7. The van der Waals surface area contributed by atoms with Gasteiger partial charge in [0.1, 0.15) is 11.9 Å². The van der Waals surface area contributed by atoms with Crippen LogP contribution < -0.4 is 4.90 Å². The molecule has 0 aliphatic carbocycles. The summed E-state index contributed by atoms with van der Waals surface area (Å²) in [7, 11) is 1.61. The lowest BCUT2D eigenvalue weighted by atomic mass is 10.2. The van der Waals surface area contributed by atoms with Gasteiger partial charge in [-0.1, -0.05) is 0 Å². The molecule has 1 aliphatic rings. The lowest BCUT2D eigenvalue weighted by Gasteiger charge is -2.33. The topological polar surface area (TPSA) is 77.7 Å². The van der Waals surface area contributed by atoms with Crippen molar-refractivity contribution in [2.24, 2.45) is 0 Å². The molecule has 0 unspecified atom stereocenters. The molecule has 0 aromatic carbocycles. The summed E-state index contributed by atoms with van der Waals surface area (Å²) in [6.07, 6.45) is 2.77. The van der Waals surface area contributed by atoms with E-state index in [-0.39, 0.29) is 11.8 Å². The third kappa shape index (κ3) is 2.74. The number of hydrogen-bond acceptors (Lipinski definition) is 6. The Hall–Kier alpha value is -1.73. The minimum Gasteiger partial charge on any atom is -0.382 e. The first-order valence-corrected chi connectivity index (χ1v) is 5.66. The van der Waals surface area contributed by atoms with Crippen LogP contribution in [0.15, 0.2) is 18.5 Å². The molecule has 7 heteroatoms. The molecule has 1 aliphatic heterocycles. The largest absolute Gasteiger partial charge is 0.382 e. The molecule has 2 rings (SSSR count). The minimum absolute atomic E-state index is 0.0237. The fourth-order valence-corrected chi connectivity index (χ4v) is 2.01. The summed E-state index contributed by atoms with van der Waals surface area (Å²) < 4.78 is 10.6. The number of aromatic nitrogens is 1. The van der Waals surface area contributed by atoms with Gasteiger partial charge in [-0.2, -0.15) is 0 Å². The quantitative estimate of drug-likeness (QED) is 0.584. The Labute approximate surface area is 104 Å².